The fraction of sp³-hybridized carbons (Fsp3) is 0.188. The van der Waals surface area contributed by atoms with Crippen LogP contribution in [0.5, 0.6) is 11.5 Å². The molecule has 0 amide bonds. The maximum atomic E-state index is 11.7. The Kier molecular flexibility index (Phi) is 3.94. The third kappa shape index (κ3) is 2.59. The van der Waals surface area contributed by atoms with Crippen molar-refractivity contribution in [1.29, 1.82) is 0 Å². The quantitative estimate of drug-likeness (QED) is 0.843. The summed E-state index contributed by atoms with van der Waals surface area (Å²) in [7, 11) is 1.25. The van der Waals surface area contributed by atoms with Crippen LogP contribution in [0.15, 0.2) is 36.4 Å². The van der Waals surface area contributed by atoms with Gasteiger partial charge in [-0.1, -0.05) is 30.3 Å². The molecule has 2 N–H and O–H groups in total. The molecule has 0 spiro atoms. The van der Waals surface area contributed by atoms with Crippen LogP contribution < -0.4 is 0 Å². The molecule has 20 heavy (non-hydrogen) atoms. The Morgan fingerprint density at radius 3 is 2.45 bits per heavy atom. The van der Waals surface area contributed by atoms with Crippen molar-refractivity contribution in [2.24, 2.45) is 0 Å². The lowest BCUT2D eigenvalue weighted by Crippen LogP contribution is -2.06. The third-order valence-corrected chi connectivity index (χ3v) is 3.19. The molecule has 0 fully saturated rings. The predicted octanol–water partition coefficient (Wildman–Crippen LogP) is 2.78. The molecule has 0 aliphatic carbocycles. The van der Waals surface area contributed by atoms with E-state index in [0.717, 1.165) is 5.56 Å². The number of carbonyl (C=O) groups excluding carboxylic acids is 1. The normalized spacial score (nSPS) is 10.3. The molecule has 0 aliphatic rings. The Balaban J connectivity index is 2.51. The molecule has 4 nitrogen and oxygen atoms in total. The van der Waals surface area contributed by atoms with E-state index in [-0.39, 0.29) is 17.1 Å². The first kappa shape index (κ1) is 13.9. The minimum absolute atomic E-state index is 0.0310. The van der Waals surface area contributed by atoms with Crippen molar-refractivity contribution in [1.82, 2.24) is 0 Å². The van der Waals surface area contributed by atoms with Crippen molar-refractivity contribution >= 4 is 5.97 Å². The summed E-state index contributed by atoms with van der Waals surface area (Å²) < 4.78 is 4.66. The zero-order valence-electron chi connectivity index (χ0n) is 11.4. The van der Waals surface area contributed by atoms with E-state index < -0.39 is 5.97 Å². The number of hydrogen-bond donors (Lipinski definition) is 2. The van der Waals surface area contributed by atoms with Gasteiger partial charge >= 0.3 is 5.97 Å². The van der Waals surface area contributed by atoms with Crippen LogP contribution in [0.25, 0.3) is 0 Å². The standard InChI is InChI=1S/C16H16O4/c1-10-8-13(17)12(9-11-6-4-3-5-7-11)15(18)14(10)16(19)20-2/h3-8,17-18H,9H2,1-2H3. The van der Waals surface area contributed by atoms with E-state index >= 15 is 0 Å². The second kappa shape index (κ2) is 5.65. The largest absolute Gasteiger partial charge is 0.508 e. The van der Waals surface area contributed by atoms with Crippen molar-refractivity contribution in [3.05, 3.63) is 58.7 Å². The summed E-state index contributed by atoms with van der Waals surface area (Å²) in [6.45, 7) is 1.64. The topological polar surface area (TPSA) is 66.8 Å². The second-order valence-electron chi connectivity index (χ2n) is 4.57. The number of hydrogen-bond acceptors (Lipinski definition) is 4. The molecule has 0 saturated heterocycles. The average molecular weight is 272 g/mol. The minimum Gasteiger partial charge on any atom is -0.508 e. The first-order chi connectivity index (χ1) is 9.54. The summed E-state index contributed by atoms with van der Waals surface area (Å²) >= 11 is 0. The Labute approximate surface area is 117 Å². The summed E-state index contributed by atoms with van der Waals surface area (Å²) in [5, 5.41) is 20.3. The van der Waals surface area contributed by atoms with Crippen LogP contribution in [-0.4, -0.2) is 23.3 Å². The van der Waals surface area contributed by atoms with Crippen molar-refractivity contribution < 1.29 is 19.7 Å². The Morgan fingerprint density at radius 1 is 1.20 bits per heavy atom. The lowest BCUT2D eigenvalue weighted by molar-refractivity contribution is 0.0596. The van der Waals surface area contributed by atoms with Gasteiger partial charge in [0.1, 0.15) is 17.1 Å². The third-order valence-electron chi connectivity index (χ3n) is 3.19. The minimum atomic E-state index is -0.616. The molecule has 0 aromatic heterocycles. The number of benzene rings is 2. The van der Waals surface area contributed by atoms with Gasteiger partial charge in [-0.3, -0.25) is 0 Å². The lowest BCUT2D eigenvalue weighted by atomic mass is 9.97. The van der Waals surface area contributed by atoms with Crippen LogP contribution in [-0.2, 0) is 11.2 Å². The zero-order valence-corrected chi connectivity index (χ0v) is 11.4. The summed E-state index contributed by atoms with van der Waals surface area (Å²) in [5.41, 5.74) is 1.82. The molecular weight excluding hydrogens is 256 g/mol. The van der Waals surface area contributed by atoms with Gasteiger partial charge < -0.3 is 14.9 Å². The van der Waals surface area contributed by atoms with E-state index in [9.17, 15) is 15.0 Å². The van der Waals surface area contributed by atoms with E-state index in [1.165, 1.54) is 13.2 Å². The van der Waals surface area contributed by atoms with Crippen molar-refractivity contribution in [2.45, 2.75) is 13.3 Å². The van der Waals surface area contributed by atoms with Crippen molar-refractivity contribution in [3.8, 4) is 11.5 Å². The SMILES string of the molecule is COC(=O)c1c(C)cc(O)c(Cc2ccccc2)c1O. The number of phenols is 2. The molecule has 0 aliphatic heterocycles. The monoisotopic (exact) mass is 272 g/mol. The van der Waals surface area contributed by atoms with Crippen LogP contribution >= 0.6 is 0 Å². The van der Waals surface area contributed by atoms with Gasteiger partial charge in [-0.25, -0.2) is 4.79 Å². The maximum absolute atomic E-state index is 11.7. The van der Waals surface area contributed by atoms with Crippen molar-refractivity contribution in [3.63, 3.8) is 0 Å². The van der Waals surface area contributed by atoms with Gasteiger partial charge in [0, 0.05) is 12.0 Å². The fourth-order valence-electron chi connectivity index (χ4n) is 2.16. The number of methoxy groups -OCH3 is 1. The van der Waals surface area contributed by atoms with Gasteiger partial charge in [-0.2, -0.15) is 0 Å². The number of carbonyl (C=O) groups is 1. The van der Waals surface area contributed by atoms with Crippen LogP contribution in [0, 0.1) is 6.92 Å². The summed E-state index contributed by atoms with van der Waals surface area (Å²) in [4.78, 5) is 11.7. The van der Waals surface area contributed by atoms with Crippen LogP contribution in [0.3, 0.4) is 0 Å². The molecule has 104 valence electrons. The van der Waals surface area contributed by atoms with E-state index in [2.05, 4.69) is 4.74 Å². The number of aromatic hydroxyl groups is 2. The van der Waals surface area contributed by atoms with Gasteiger partial charge in [-0.15, -0.1) is 0 Å². The highest BCUT2D eigenvalue weighted by Gasteiger charge is 2.21. The molecule has 0 unspecified atom stereocenters. The van der Waals surface area contributed by atoms with Crippen LogP contribution in [0.2, 0.25) is 0 Å². The van der Waals surface area contributed by atoms with Gasteiger partial charge in [0.15, 0.2) is 0 Å². The Morgan fingerprint density at radius 2 is 1.85 bits per heavy atom. The highest BCUT2D eigenvalue weighted by Crippen LogP contribution is 2.35. The number of ether oxygens (including phenoxy) is 1. The Bertz CT molecular complexity index is 633. The summed E-state index contributed by atoms with van der Waals surface area (Å²) in [5.74, 6) is -0.871. The van der Waals surface area contributed by atoms with E-state index in [1.54, 1.807) is 6.92 Å². The Hall–Kier alpha value is -2.49. The molecule has 0 bridgehead atoms. The number of aryl methyl sites for hydroxylation is 1. The number of rotatable bonds is 3. The van der Waals surface area contributed by atoms with Crippen LogP contribution in [0.1, 0.15) is 27.0 Å². The number of phenolic OH excluding ortho intramolecular Hbond substituents is 2. The first-order valence-corrected chi connectivity index (χ1v) is 6.21. The maximum Gasteiger partial charge on any atom is 0.341 e. The van der Waals surface area contributed by atoms with E-state index in [1.807, 2.05) is 30.3 Å². The fourth-order valence-corrected chi connectivity index (χ4v) is 2.16. The highest BCUT2D eigenvalue weighted by molar-refractivity contribution is 5.95. The van der Waals surface area contributed by atoms with Crippen molar-refractivity contribution in [2.75, 3.05) is 7.11 Å². The first-order valence-electron chi connectivity index (χ1n) is 6.21. The van der Waals surface area contributed by atoms with Gasteiger partial charge in [0.25, 0.3) is 0 Å². The number of esters is 1. The molecular formula is C16H16O4. The zero-order chi connectivity index (χ0) is 14.7. The molecule has 0 saturated carbocycles. The highest BCUT2D eigenvalue weighted by atomic mass is 16.5. The smallest absolute Gasteiger partial charge is 0.341 e. The van der Waals surface area contributed by atoms with Crippen LogP contribution in [0.4, 0.5) is 0 Å². The molecule has 4 heteroatoms. The summed E-state index contributed by atoms with van der Waals surface area (Å²) in [6.07, 6.45) is 0.336. The summed E-state index contributed by atoms with van der Waals surface area (Å²) in [6, 6.07) is 10.9. The van der Waals surface area contributed by atoms with E-state index in [4.69, 9.17) is 0 Å². The molecule has 0 radical (unpaired) electrons. The molecule has 2 rings (SSSR count). The molecule has 0 atom stereocenters. The molecule has 2 aromatic rings. The molecule has 0 heterocycles. The van der Waals surface area contributed by atoms with Gasteiger partial charge in [0.05, 0.1) is 7.11 Å². The van der Waals surface area contributed by atoms with Gasteiger partial charge in [0.2, 0.25) is 0 Å². The average Bonchev–Trinajstić information content (AvgIpc) is 2.44. The lowest BCUT2D eigenvalue weighted by Gasteiger charge is -2.13. The van der Waals surface area contributed by atoms with E-state index in [0.29, 0.717) is 17.5 Å². The van der Waals surface area contributed by atoms with Gasteiger partial charge in [-0.05, 0) is 24.1 Å². The second-order valence-corrected chi connectivity index (χ2v) is 4.57. The predicted molar refractivity (Wildman–Crippen MR) is 75.1 cm³/mol. The molecule has 2 aromatic carbocycles.